The molecular weight excluding hydrogens is 228 g/mol. The Morgan fingerprint density at radius 2 is 2.23 bits per heavy atom. The van der Waals surface area contributed by atoms with E-state index in [1.165, 1.54) is 12.0 Å². The number of nitrogens with two attached hydrogens (primary N) is 1. The quantitative estimate of drug-likeness (QED) is 0.776. The molecule has 70 valence electrons. The Morgan fingerprint density at radius 1 is 1.46 bits per heavy atom. The normalized spacial score (nSPS) is 21.2. The van der Waals surface area contributed by atoms with Gasteiger partial charge in [-0.3, -0.25) is 0 Å². The number of anilines is 1. The van der Waals surface area contributed by atoms with Crippen molar-refractivity contribution in [1.82, 2.24) is 5.32 Å². The maximum Gasteiger partial charge on any atom is 0.0328 e. The van der Waals surface area contributed by atoms with Crippen molar-refractivity contribution >= 4 is 21.6 Å². The highest BCUT2D eigenvalue weighted by Gasteiger charge is 2.16. The Bertz CT molecular complexity index is 288. The highest BCUT2D eigenvalue weighted by atomic mass is 79.9. The maximum absolute atomic E-state index is 5.74. The maximum atomic E-state index is 5.74. The first kappa shape index (κ1) is 9.03. The van der Waals surface area contributed by atoms with Crippen molar-refractivity contribution in [2.75, 3.05) is 12.3 Å². The number of nitrogens with one attached hydrogen (secondary N) is 1. The molecule has 1 aromatic carbocycles. The van der Waals surface area contributed by atoms with Gasteiger partial charge in [0.25, 0.3) is 0 Å². The molecule has 3 heteroatoms. The number of rotatable bonds is 2. The van der Waals surface area contributed by atoms with Gasteiger partial charge in [0.15, 0.2) is 0 Å². The van der Waals surface area contributed by atoms with Crippen LogP contribution in [0.25, 0.3) is 0 Å². The van der Waals surface area contributed by atoms with E-state index in [4.69, 9.17) is 5.73 Å². The van der Waals surface area contributed by atoms with E-state index >= 15 is 0 Å². The summed E-state index contributed by atoms with van der Waals surface area (Å²) < 4.78 is 1.07. The van der Waals surface area contributed by atoms with E-state index in [1.807, 2.05) is 12.1 Å². The molecular formula is C10H13BrN2. The van der Waals surface area contributed by atoms with Gasteiger partial charge in [-0.05, 0) is 43.1 Å². The molecule has 2 rings (SSSR count). The number of halogens is 1. The highest BCUT2D eigenvalue weighted by Crippen LogP contribution is 2.20. The summed E-state index contributed by atoms with van der Waals surface area (Å²) in [5, 5.41) is 3.38. The Hall–Kier alpha value is -0.540. The van der Waals surface area contributed by atoms with Gasteiger partial charge in [0.2, 0.25) is 0 Å². The van der Waals surface area contributed by atoms with E-state index in [0.29, 0.717) is 6.04 Å². The summed E-state index contributed by atoms with van der Waals surface area (Å²) in [5.74, 6) is 0. The Labute approximate surface area is 86.6 Å². The number of benzene rings is 1. The summed E-state index contributed by atoms with van der Waals surface area (Å²) in [4.78, 5) is 0. The minimum Gasteiger partial charge on any atom is -0.399 e. The fraction of sp³-hybridized carbons (Fsp3) is 0.400. The van der Waals surface area contributed by atoms with Gasteiger partial charge < -0.3 is 11.1 Å². The monoisotopic (exact) mass is 240 g/mol. The van der Waals surface area contributed by atoms with Gasteiger partial charge in [-0.2, -0.15) is 0 Å². The van der Waals surface area contributed by atoms with Crippen molar-refractivity contribution in [3.05, 3.63) is 28.2 Å². The molecule has 0 aromatic heterocycles. The van der Waals surface area contributed by atoms with Crippen LogP contribution < -0.4 is 11.1 Å². The van der Waals surface area contributed by atoms with Crippen molar-refractivity contribution in [3.63, 3.8) is 0 Å². The molecule has 1 fully saturated rings. The van der Waals surface area contributed by atoms with Gasteiger partial charge in [-0.15, -0.1) is 0 Å². The first-order valence-electron chi connectivity index (χ1n) is 4.52. The third-order valence-electron chi connectivity index (χ3n) is 2.39. The molecule has 13 heavy (non-hydrogen) atoms. The van der Waals surface area contributed by atoms with Crippen molar-refractivity contribution in [1.29, 1.82) is 0 Å². The van der Waals surface area contributed by atoms with E-state index in [1.54, 1.807) is 0 Å². The van der Waals surface area contributed by atoms with Gasteiger partial charge >= 0.3 is 0 Å². The third-order valence-corrected chi connectivity index (χ3v) is 2.85. The second kappa shape index (κ2) is 3.68. The largest absolute Gasteiger partial charge is 0.399 e. The SMILES string of the molecule is Nc1cc(Br)cc(CC2CCN2)c1. The first-order chi connectivity index (χ1) is 6.24. The highest BCUT2D eigenvalue weighted by molar-refractivity contribution is 9.10. The van der Waals surface area contributed by atoms with Crippen LogP contribution in [0, 0.1) is 0 Å². The Morgan fingerprint density at radius 3 is 2.77 bits per heavy atom. The summed E-state index contributed by atoms with van der Waals surface area (Å²) in [5.41, 5.74) is 7.89. The molecule has 1 aromatic rings. The fourth-order valence-electron chi connectivity index (χ4n) is 1.60. The molecule has 0 bridgehead atoms. The molecule has 2 nitrogen and oxygen atoms in total. The van der Waals surface area contributed by atoms with Crippen molar-refractivity contribution in [2.24, 2.45) is 0 Å². The molecule has 1 saturated heterocycles. The molecule has 0 spiro atoms. The van der Waals surface area contributed by atoms with Crippen LogP contribution in [0.15, 0.2) is 22.7 Å². The van der Waals surface area contributed by atoms with Gasteiger partial charge in [0, 0.05) is 16.2 Å². The third kappa shape index (κ3) is 2.23. The average molecular weight is 241 g/mol. The standard InChI is InChI=1S/C10H13BrN2/c11-8-3-7(4-9(12)6-8)5-10-1-2-13-10/h3-4,6,10,13H,1-2,5,12H2. The second-order valence-corrected chi connectivity index (χ2v) is 4.45. The summed E-state index contributed by atoms with van der Waals surface area (Å²) in [6, 6.07) is 6.77. The summed E-state index contributed by atoms with van der Waals surface area (Å²) in [7, 11) is 0. The summed E-state index contributed by atoms with van der Waals surface area (Å²) in [6.07, 6.45) is 2.37. The van der Waals surface area contributed by atoms with Crippen LogP contribution in [0.3, 0.4) is 0 Å². The van der Waals surface area contributed by atoms with E-state index in [0.717, 1.165) is 23.1 Å². The predicted molar refractivity (Wildman–Crippen MR) is 58.7 cm³/mol. The molecule has 0 radical (unpaired) electrons. The summed E-state index contributed by atoms with van der Waals surface area (Å²) in [6.45, 7) is 1.16. The van der Waals surface area contributed by atoms with Crippen LogP contribution >= 0.6 is 15.9 Å². The summed E-state index contributed by atoms with van der Waals surface area (Å²) >= 11 is 3.44. The Balaban J connectivity index is 2.10. The van der Waals surface area contributed by atoms with Gasteiger partial charge in [0.1, 0.15) is 0 Å². The van der Waals surface area contributed by atoms with Crippen LogP contribution in [0.5, 0.6) is 0 Å². The Kier molecular flexibility index (Phi) is 2.56. The van der Waals surface area contributed by atoms with Crippen LogP contribution in [0.1, 0.15) is 12.0 Å². The molecule has 1 aliphatic heterocycles. The average Bonchev–Trinajstić information content (AvgIpc) is 1.95. The lowest BCUT2D eigenvalue weighted by molar-refractivity contribution is 0.369. The van der Waals surface area contributed by atoms with Crippen LogP contribution in [0.4, 0.5) is 5.69 Å². The van der Waals surface area contributed by atoms with E-state index in [2.05, 4.69) is 27.3 Å². The van der Waals surface area contributed by atoms with Crippen molar-refractivity contribution < 1.29 is 0 Å². The van der Waals surface area contributed by atoms with E-state index in [9.17, 15) is 0 Å². The van der Waals surface area contributed by atoms with Crippen LogP contribution in [0.2, 0.25) is 0 Å². The minimum atomic E-state index is 0.661. The predicted octanol–water partition coefficient (Wildman–Crippen LogP) is 1.94. The first-order valence-corrected chi connectivity index (χ1v) is 5.31. The topological polar surface area (TPSA) is 38.0 Å². The molecule has 1 heterocycles. The molecule has 1 aliphatic rings. The lowest BCUT2D eigenvalue weighted by atomic mass is 9.98. The van der Waals surface area contributed by atoms with E-state index < -0.39 is 0 Å². The molecule has 0 amide bonds. The van der Waals surface area contributed by atoms with Crippen LogP contribution in [-0.4, -0.2) is 12.6 Å². The van der Waals surface area contributed by atoms with Crippen LogP contribution in [-0.2, 0) is 6.42 Å². The molecule has 0 aliphatic carbocycles. The van der Waals surface area contributed by atoms with E-state index in [-0.39, 0.29) is 0 Å². The second-order valence-electron chi connectivity index (χ2n) is 3.54. The molecule has 0 saturated carbocycles. The zero-order chi connectivity index (χ0) is 9.26. The zero-order valence-electron chi connectivity index (χ0n) is 7.39. The number of hydrogen-bond acceptors (Lipinski definition) is 2. The van der Waals surface area contributed by atoms with Crippen molar-refractivity contribution in [2.45, 2.75) is 18.9 Å². The fourth-order valence-corrected chi connectivity index (χ4v) is 2.16. The lowest BCUT2D eigenvalue weighted by Crippen LogP contribution is -2.44. The zero-order valence-corrected chi connectivity index (χ0v) is 8.97. The minimum absolute atomic E-state index is 0.661. The van der Waals surface area contributed by atoms with Crippen molar-refractivity contribution in [3.8, 4) is 0 Å². The molecule has 3 N–H and O–H groups in total. The number of hydrogen-bond donors (Lipinski definition) is 2. The number of nitrogen functional groups attached to an aromatic ring is 1. The lowest BCUT2D eigenvalue weighted by Gasteiger charge is -2.27. The molecule has 1 atom stereocenters. The smallest absolute Gasteiger partial charge is 0.0328 e. The van der Waals surface area contributed by atoms with Gasteiger partial charge in [-0.1, -0.05) is 15.9 Å². The molecule has 1 unspecified atom stereocenters. The van der Waals surface area contributed by atoms with Gasteiger partial charge in [-0.25, -0.2) is 0 Å². The van der Waals surface area contributed by atoms with Gasteiger partial charge in [0.05, 0.1) is 0 Å².